The molecule has 0 spiro atoms. The van der Waals surface area contributed by atoms with E-state index in [2.05, 4.69) is 33.8 Å². The maximum Gasteiger partial charge on any atom is 0.126 e. The van der Waals surface area contributed by atoms with E-state index in [1.807, 2.05) is 6.07 Å². The van der Waals surface area contributed by atoms with E-state index in [1.54, 1.807) is 19.2 Å². The molecule has 0 bridgehead atoms. The summed E-state index contributed by atoms with van der Waals surface area (Å²) in [6.07, 6.45) is 7.49. The van der Waals surface area contributed by atoms with Crippen molar-refractivity contribution >= 4 is 0 Å². The number of aromatic hydroxyl groups is 1. The van der Waals surface area contributed by atoms with Crippen molar-refractivity contribution in [3.05, 3.63) is 29.8 Å². The van der Waals surface area contributed by atoms with Crippen molar-refractivity contribution < 1.29 is 14.6 Å². The van der Waals surface area contributed by atoms with Gasteiger partial charge in [-0.2, -0.15) is 0 Å². The van der Waals surface area contributed by atoms with Crippen molar-refractivity contribution in [2.45, 2.75) is 53.4 Å². The third kappa shape index (κ3) is 3.38. The lowest BCUT2D eigenvalue weighted by molar-refractivity contribution is -0.0481. The Labute approximate surface area is 152 Å². The summed E-state index contributed by atoms with van der Waals surface area (Å²) < 4.78 is 11.4. The van der Waals surface area contributed by atoms with Gasteiger partial charge in [-0.1, -0.05) is 38.8 Å². The van der Waals surface area contributed by atoms with Crippen LogP contribution < -0.4 is 9.47 Å². The van der Waals surface area contributed by atoms with Crippen molar-refractivity contribution in [1.82, 2.24) is 0 Å². The van der Waals surface area contributed by atoms with E-state index in [0.29, 0.717) is 35.4 Å². The van der Waals surface area contributed by atoms with Gasteiger partial charge in [0.15, 0.2) is 0 Å². The topological polar surface area (TPSA) is 38.7 Å². The molecule has 0 radical (unpaired) electrons. The molecule has 0 heterocycles. The molecule has 0 aromatic heterocycles. The molecule has 0 saturated heterocycles. The molecule has 3 heteroatoms. The minimum Gasteiger partial charge on any atom is -0.508 e. The summed E-state index contributed by atoms with van der Waals surface area (Å²) in [7, 11) is 1.60. The number of allylic oxidation sites excluding steroid dienone is 1. The van der Waals surface area contributed by atoms with Crippen molar-refractivity contribution in [2.75, 3.05) is 13.7 Å². The molecule has 3 atom stereocenters. The van der Waals surface area contributed by atoms with E-state index in [0.717, 1.165) is 0 Å². The molecule has 2 aliphatic rings. The average Bonchev–Trinajstić information content (AvgIpc) is 2.52. The fraction of sp³-hybridized carbons (Fsp3) is 0.636. The number of rotatable bonds is 4. The van der Waals surface area contributed by atoms with Gasteiger partial charge < -0.3 is 14.6 Å². The molecular formula is C22H32O3. The zero-order chi connectivity index (χ0) is 18.2. The van der Waals surface area contributed by atoms with Gasteiger partial charge in [-0.25, -0.2) is 0 Å². The normalized spacial score (nSPS) is 31.0. The number of methoxy groups -OCH3 is 1. The molecule has 2 aliphatic carbocycles. The van der Waals surface area contributed by atoms with Crippen molar-refractivity contribution in [3.63, 3.8) is 0 Å². The number of ether oxygens (including phenoxy) is 2. The Hall–Kier alpha value is -1.64. The molecule has 1 saturated carbocycles. The van der Waals surface area contributed by atoms with Crippen LogP contribution in [0.4, 0.5) is 0 Å². The maximum absolute atomic E-state index is 9.85. The summed E-state index contributed by atoms with van der Waals surface area (Å²) in [4.78, 5) is 0. The Kier molecular flexibility index (Phi) is 4.78. The Morgan fingerprint density at radius 1 is 1.12 bits per heavy atom. The quantitative estimate of drug-likeness (QED) is 0.725. The van der Waals surface area contributed by atoms with Crippen molar-refractivity contribution in [3.8, 4) is 17.2 Å². The Morgan fingerprint density at radius 2 is 1.84 bits per heavy atom. The molecular weight excluding hydrogens is 312 g/mol. The van der Waals surface area contributed by atoms with Crippen LogP contribution >= 0.6 is 0 Å². The van der Waals surface area contributed by atoms with Gasteiger partial charge in [0.05, 0.1) is 13.7 Å². The molecule has 1 aromatic carbocycles. The fourth-order valence-electron chi connectivity index (χ4n) is 5.40. The SMILES string of the molecule is COc1cc(O)cc(OCC2C(C)=CCC3C(C)(C)CCC[C@]23C)c1. The molecule has 138 valence electrons. The van der Waals surface area contributed by atoms with Crippen LogP contribution in [0.3, 0.4) is 0 Å². The van der Waals surface area contributed by atoms with Crippen molar-refractivity contribution in [2.24, 2.45) is 22.7 Å². The van der Waals surface area contributed by atoms with E-state index >= 15 is 0 Å². The highest BCUT2D eigenvalue weighted by atomic mass is 16.5. The van der Waals surface area contributed by atoms with E-state index in [-0.39, 0.29) is 11.2 Å². The molecule has 0 aliphatic heterocycles. The fourth-order valence-corrected chi connectivity index (χ4v) is 5.40. The van der Waals surface area contributed by atoms with Gasteiger partial charge in [-0.05, 0) is 42.9 Å². The summed E-state index contributed by atoms with van der Waals surface area (Å²) in [6, 6.07) is 5.10. The van der Waals surface area contributed by atoms with Crippen LogP contribution in [0.1, 0.15) is 53.4 Å². The maximum atomic E-state index is 9.85. The third-order valence-electron chi connectivity index (χ3n) is 6.81. The van der Waals surface area contributed by atoms with Gasteiger partial charge in [0.25, 0.3) is 0 Å². The summed E-state index contributed by atoms with van der Waals surface area (Å²) >= 11 is 0. The van der Waals surface area contributed by atoms with Crippen LogP contribution in [-0.4, -0.2) is 18.8 Å². The van der Waals surface area contributed by atoms with Crippen LogP contribution in [0.5, 0.6) is 17.2 Å². The second kappa shape index (κ2) is 6.59. The van der Waals surface area contributed by atoms with Crippen LogP contribution in [-0.2, 0) is 0 Å². The number of phenolic OH excluding ortho intramolecular Hbond substituents is 1. The summed E-state index contributed by atoms with van der Waals surface area (Å²) in [5.41, 5.74) is 2.11. The number of benzene rings is 1. The molecule has 1 N–H and O–H groups in total. The van der Waals surface area contributed by atoms with Crippen LogP contribution in [0.15, 0.2) is 29.8 Å². The molecule has 3 rings (SSSR count). The first-order valence-electron chi connectivity index (χ1n) is 9.44. The van der Waals surface area contributed by atoms with E-state index in [9.17, 15) is 5.11 Å². The van der Waals surface area contributed by atoms with Crippen LogP contribution in [0.25, 0.3) is 0 Å². The number of hydrogen-bond acceptors (Lipinski definition) is 3. The highest BCUT2D eigenvalue weighted by Crippen LogP contribution is 2.59. The first-order chi connectivity index (χ1) is 11.8. The molecule has 2 unspecified atom stereocenters. The average molecular weight is 344 g/mol. The number of fused-ring (bicyclic) bond motifs is 1. The molecule has 0 amide bonds. The Balaban J connectivity index is 1.82. The first kappa shape index (κ1) is 18.2. The highest BCUT2D eigenvalue weighted by molar-refractivity contribution is 5.41. The van der Waals surface area contributed by atoms with E-state index < -0.39 is 0 Å². The monoisotopic (exact) mass is 344 g/mol. The molecule has 1 aromatic rings. The Morgan fingerprint density at radius 3 is 2.56 bits per heavy atom. The predicted molar refractivity (Wildman–Crippen MR) is 101 cm³/mol. The first-order valence-corrected chi connectivity index (χ1v) is 9.44. The van der Waals surface area contributed by atoms with Gasteiger partial charge in [0.2, 0.25) is 0 Å². The summed E-state index contributed by atoms with van der Waals surface area (Å²) in [5, 5.41) is 9.85. The number of hydrogen-bond donors (Lipinski definition) is 1. The zero-order valence-corrected chi connectivity index (χ0v) is 16.3. The van der Waals surface area contributed by atoms with E-state index in [1.165, 1.54) is 31.3 Å². The lowest BCUT2D eigenvalue weighted by Gasteiger charge is -2.56. The summed E-state index contributed by atoms with van der Waals surface area (Å²) in [6.45, 7) is 10.2. The smallest absolute Gasteiger partial charge is 0.126 e. The lowest BCUT2D eigenvalue weighted by Crippen LogP contribution is -2.49. The molecule has 25 heavy (non-hydrogen) atoms. The molecule has 1 fully saturated rings. The minimum absolute atomic E-state index is 0.174. The van der Waals surface area contributed by atoms with E-state index in [4.69, 9.17) is 9.47 Å². The lowest BCUT2D eigenvalue weighted by atomic mass is 9.49. The summed E-state index contributed by atoms with van der Waals surface area (Å²) in [5.74, 6) is 2.58. The molecule has 3 nitrogen and oxygen atoms in total. The highest BCUT2D eigenvalue weighted by Gasteiger charge is 2.52. The standard InChI is InChI=1S/C22H32O3/c1-15-7-8-20-21(2,3)9-6-10-22(20,4)19(15)14-25-18-12-16(23)11-17(13-18)24-5/h7,11-13,19-20,23H,6,8-10,14H2,1-5H3/t19?,20?,22-/m1/s1. The van der Waals surface area contributed by atoms with Gasteiger partial charge in [-0.15, -0.1) is 0 Å². The van der Waals surface area contributed by atoms with Crippen LogP contribution in [0, 0.1) is 22.7 Å². The van der Waals surface area contributed by atoms with Crippen molar-refractivity contribution in [1.29, 1.82) is 0 Å². The number of phenols is 1. The van der Waals surface area contributed by atoms with Gasteiger partial charge in [0.1, 0.15) is 17.2 Å². The Bertz CT molecular complexity index is 661. The second-order valence-corrected chi connectivity index (χ2v) is 8.81. The largest absolute Gasteiger partial charge is 0.508 e. The predicted octanol–water partition coefficient (Wildman–Crippen LogP) is 5.58. The van der Waals surface area contributed by atoms with Crippen LogP contribution in [0.2, 0.25) is 0 Å². The minimum atomic E-state index is 0.174. The van der Waals surface area contributed by atoms with Gasteiger partial charge in [-0.3, -0.25) is 0 Å². The second-order valence-electron chi connectivity index (χ2n) is 8.81. The van der Waals surface area contributed by atoms with Gasteiger partial charge >= 0.3 is 0 Å². The van der Waals surface area contributed by atoms with Gasteiger partial charge in [0, 0.05) is 24.1 Å². The third-order valence-corrected chi connectivity index (χ3v) is 6.81. The zero-order valence-electron chi connectivity index (χ0n) is 16.3.